The van der Waals surface area contributed by atoms with Crippen LogP contribution in [0.5, 0.6) is 11.5 Å². The first-order valence-electron chi connectivity index (χ1n) is 5.89. The molecule has 0 aliphatic heterocycles. The van der Waals surface area contributed by atoms with Crippen molar-refractivity contribution in [3.05, 3.63) is 58.6 Å². The maximum atomic E-state index is 10.8. The van der Waals surface area contributed by atoms with Gasteiger partial charge >= 0.3 is 5.97 Å². The second-order valence-electron chi connectivity index (χ2n) is 4.05. The quantitative estimate of drug-likeness (QED) is 0.914. The van der Waals surface area contributed by atoms with Gasteiger partial charge in [0.25, 0.3) is 0 Å². The number of benzene rings is 2. The minimum atomic E-state index is -1.01. The summed E-state index contributed by atoms with van der Waals surface area (Å²) in [6, 6.07) is 11.8. The number of para-hydroxylation sites is 2. The van der Waals surface area contributed by atoms with Gasteiger partial charge in [0.05, 0.1) is 12.7 Å². The Morgan fingerprint density at radius 3 is 2.50 bits per heavy atom. The fourth-order valence-electron chi connectivity index (χ4n) is 1.69. The van der Waals surface area contributed by atoms with Crippen molar-refractivity contribution in [3.8, 4) is 11.5 Å². The number of halogens is 1. The number of methoxy groups -OCH3 is 1. The lowest BCUT2D eigenvalue weighted by atomic mass is 10.1. The Labute approximate surface area is 121 Å². The minimum absolute atomic E-state index is 0.149. The van der Waals surface area contributed by atoms with Crippen molar-refractivity contribution in [3.63, 3.8) is 0 Å². The van der Waals surface area contributed by atoms with Crippen LogP contribution in [0.4, 0.5) is 0 Å². The Morgan fingerprint density at radius 1 is 1.20 bits per heavy atom. The Balaban J connectivity index is 2.13. The van der Waals surface area contributed by atoms with E-state index in [-0.39, 0.29) is 12.2 Å². The number of hydrogen-bond donors (Lipinski definition) is 1. The van der Waals surface area contributed by atoms with Crippen LogP contribution in [0.1, 0.15) is 15.9 Å². The molecule has 0 aliphatic carbocycles. The van der Waals surface area contributed by atoms with Gasteiger partial charge in [0.2, 0.25) is 0 Å². The number of carboxylic acid groups (broad SMARTS) is 1. The lowest BCUT2D eigenvalue weighted by molar-refractivity contribution is 0.0697. The summed E-state index contributed by atoms with van der Waals surface area (Å²) in [5.41, 5.74) is 0.860. The summed E-state index contributed by atoms with van der Waals surface area (Å²) in [7, 11) is 1.57. The highest BCUT2D eigenvalue weighted by Gasteiger charge is 2.09. The predicted octanol–water partition coefficient (Wildman–Crippen LogP) is 3.63. The lowest BCUT2D eigenvalue weighted by Crippen LogP contribution is -2.01. The molecular formula is C15H13ClO4. The average molecular weight is 293 g/mol. The molecule has 2 aromatic rings. The van der Waals surface area contributed by atoms with Crippen molar-refractivity contribution in [2.75, 3.05) is 7.11 Å². The summed E-state index contributed by atoms with van der Waals surface area (Å²) in [5, 5.41) is 9.23. The fourth-order valence-corrected chi connectivity index (χ4v) is 1.93. The number of ether oxygens (including phenoxy) is 2. The molecule has 0 saturated heterocycles. The minimum Gasteiger partial charge on any atom is -0.493 e. The van der Waals surface area contributed by atoms with Gasteiger partial charge < -0.3 is 14.6 Å². The van der Waals surface area contributed by atoms with Crippen LogP contribution in [0.15, 0.2) is 42.5 Å². The largest absolute Gasteiger partial charge is 0.493 e. The topological polar surface area (TPSA) is 55.8 Å². The molecule has 0 fully saturated rings. The number of carboxylic acids is 1. The second kappa shape index (κ2) is 6.30. The molecule has 4 nitrogen and oxygen atoms in total. The smallest absolute Gasteiger partial charge is 0.335 e. The molecule has 1 N–H and O–H groups in total. The zero-order valence-electron chi connectivity index (χ0n) is 10.8. The van der Waals surface area contributed by atoms with Crippen LogP contribution < -0.4 is 9.47 Å². The Morgan fingerprint density at radius 2 is 1.90 bits per heavy atom. The van der Waals surface area contributed by atoms with E-state index in [0.717, 1.165) is 0 Å². The molecule has 5 heteroatoms. The second-order valence-corrected chi connectivity index (χ2v) is 4.46. The highest BCUT2D eigenvalue weighted by molar-refractivity contribution is 6.31. The summed E-state index contributed by atoms with van der Waals surface area (Å²) in [6.07, 6.45) is 0. The van der Waals surface area contributed by atoms with Gasteiger partial charge in [-0.25, -0.2) is 4.79 Å². The van der Waals surface area contributed by atoms with Crippen LogP contribution in [-0.2, 0) is 6.61 Å². The van der Waals surface area contributed by atoms with Crippen molar-refractivity contribution in [2.45, 2.75) is 6.61 Å². The maximum absolute atomic E-state index is 10.8. The van der Waals surface area contributed by atoms with Crippen molar-refractivity contribution in [2.24, 2.45) is 0 Å². The van der Waals surface area contributed by atoms with Gasteiger partial charge in [0.15, 0.2) is 11.5 Å². The number of rotatable bonds is 5. The van der Waals surface area contributed by atoms with Crippen LogP contribution in [0.2, 0.25) is 5.02 Å². The first kappa shape index (κ1) is 14.2. The first-order chi connectivity index (χ1) is 9.61. The molecule has 0 spiro atoms. The molecule has 0 unspecified atom stereocenters. The molecule has 0 bridgehead atoms. The van der Waals surface area contributed by atoms with Crippen molar-refractivity contribution < 1.29 is 19.4 Å². The van der Waals surface area contributed by atoms with E-state index in [0.29, 0.717) is 22.1 Å². The molecule has 0 radical (unpaired) electrons. The normalized spacial score (nSPS) is 10.1. The standard InChI is InChI=1S/C15H13ClO4/c1-19-13-4-2-3-5-14(13)20-9-11-7-6-10(15(17)18)8-12(11)16/h2-8H,9H2,1H3,(H,17,18). The maximum Gasteiger partial charge on any atom is 0.335 e. The molecule has 0 aliphatic rings. The first-order valence-corrected chi connectivity index (χ1v) is 6.27. The van der Waals surface area contributed by atoms with Gasteiger partial charge in [-0.15, -0.1) is 0 Å². The third-order valence-corrected chi connectivity index (χ3v) is 3.10. The van der Waals surface area contributed by atoms with Crippen LogP contribution in [0, 0.1) is 0 Å². The highest BCUT2D eigenvalue weighted by Crippen LogP contribution is 2.27. The molecule has 104 valence electrons. The molecule has 2 aromatic carbocycles. The number of hydrogen-bond acceptors (Lipinski definition) is 3. The van der Waals surface area contributed by atoms with Gasteiger partial charge in [0, 0.05) is 10.6 Å². The van der Waals surface area contributed by atoms with Crippen molar-refractivity contribution in [1.82, 2.24) is 0 Å². The Hall–Kier alpha value is -2.20. The summed E-state index contributed by atoms with van der Waals surface area (Å²) in [5.74, 6) is 0.225. The van der Waals surface area contributed by atoms with Gasteiger partial charge in [-0.05, 0) is 24.3 Å². The Kier molecular flexibility index (Phi) is 4.48. The number of carbonyl (C=O) groups is 1. The molecule has 2 rings (SSSR count). The van der Waals surface area contributed by atoms with E-state index in [4.69, 9.17) is 26.2 Å². The SMILES string of the molecule is COc1ccccc1OCc1ccc(C(=O)O)cc1Cl. The third-order valence-electron chi connectivity index (χ3n) is 2.75. The molecule has 0 saturated carbocycles. The van der Waals surface area contributed by atoms with E-state index in [1.165, 1.54) is 12.1 Å². The van der Waals surface area contributed by atoms with E-state index in [9.17, 15) is 4.79 Å². The highest BCUT2D eigenvalue weighted by atomic mass is 35.5. The van der Waals surface area contributed by atoms with Crippen LogP contribution in [-0.4, -0.2) is 18.2 Å². The zero-order chi connectivity index (χ0) is 14.5. The molecule has 20 heavy (non-hydrogen) atoms. The Bertz CT molecular complexity index is 625. The summed E-state index contributed by atoms with van der Waals surface area (Å²) in [6.45, 7) is 0.235. The van der Waals surface area contributed by atoms with Crippen LogP contribution >= 0.6 is 11.6 Å². The van der Waals surface area contributed by atoms with Gasteiger partial charge in [-0.2, -0.15) is 0 Å². The van der Waals surface area contributed by atoms with Gasteiger partial charge in [0.1, 0.15) is 6.61 Å². The van der Waals surface area contributed by atoms with Gasteiger partial charge in [-0.1, -0.05) is 29.8 Å². The lowest BCUT2D eigenvalue weighted by Gasteiger charge is -2.11. The van der Waals surface area contributed by atoms with Crippen molar-refractivity contribution in [1.29, 1.82) is 0 Å². The predicted molar refractivity (Wildman–Crippen MR) is 75.7 cm³/mol. The zero-order valence-corrected chi connectivity index (χ0v) is 11.6. The van der Waals surface area contributed by atoms with Crippen molar-refractivity contribution >= 4 is 17.6 Å². The van der Waals surface area contributed by atoms with Crippen LogP contribution in [0.3, 0.4) is 0 Å². The molecule has 0 atom stereocenters. The van der Waals surface area contributed by atoms with E-state index in [1.54, 1.807) is 25.3 Å². The number of aromatic carboxylic acids is 1. The molecule has 0 aromatic heterocycles. The third kappa shape index (κ3) is 3.22. The molecule has 0 amide bonds. The fraction of sp³-hybridized carbons (Fsp3) is 0.133. The van der Waals surface area contributed by atoms with E-state index in [2.05, 4.69) is 0 Å². The van der Waals surface area contributed by atoms with Gasteiger partial charge in [-0.3, -0.25) is 0 Å². The van der Waals surface area contributed by atoms with E-state index in [1.807, 2.05) is 12.1 Å². The summed E-state index contributed by atoms with van der Waals surface area (Å²) >= 11 is 6.04. The van der Waals surface area contributed by atoms with E-state index >= 15 is 0 Å². The average Bonchev–Trinajstić information content (AvgIpc) is 2.46. The molecule has 0 heterocycles. The summed E-state index contributed by atoms with van der Waals surface area (Å²) < 4.78 is 10.8. The summed E-state index contributed by atoms with van der Waals surface area (Å²) in [4.78, 5) is 10.8. The molecular weight excluding hydrogens is 280 g/mol. The van der Waals surface area contributed by atoms with Crippen LogP contribution in [0.25, 0.3) is 0 Å². The van der Waals surface area contributed by atoms with E-state index < -0.39 is 5.97 Å². The monoisotopic (exact) mass is 292 g/mol.